The summed E-state index contributed by atoms with van der Waals surface area (Å²) >= 11 is 1.31. The molecule has 3 rings (SSSR count). The SMILES string of the molecule is COC(=O)c1ccc(C(=O)Nc2nnc(-c3ccccc3C)s2)cc1. The van der Waals surface area contributed by atoms with Crippen LogP contribution in [0.4, 0.5) is 5.13 Å². The molecule has 0 saturated heterocycles. The van der Waals surface area contributed by atoms with Gasteiger partial charge < -0.3 is 4.74 Å². The van der Waals surface area contributed by atoms with Gasteiger partial charge in [0.1, 0.15) is 5.01 Å². The molecule has 2 aromatic carbocycles. The summed E-state index contributed by atoms with van der Waals surface area (Å²) in [4.78, 5) is 23.7. The van der Waals surface area contributed by atoms with Crippen LogP contribution in [0, 0.1) is 6.92 Å². The maximum absolute atomic E-state index is 12.3. The molecule has 0 aliphatic heterocycles. The molecule has 0 aliphatic rings. The molecule has 6 nitrogen and oxygen atoms in total. The van der Waals surface area contributed by atoms with Crippen molar-refractivity contribution in [2.24, 2.45) is 0 Å². The summed E-state index contributed by atoms with van der Waals surface area (Å²) in [6, 6.07) is 14.1. The number of carbonyl (C=O) groups excluding carboxylic acids is 2. The molecule has 25 heavy (non-hydrogen) atoms. The van der Waals surface area contributed by atoms with Crippen molar-refractivity contribution in [3.63, 3.8) is 0 Å². The van der Waals surface area contributed by atoms with Gasteiger partial charge in [0, 0.05) is 11.1 Å². The van der Waals surface area contributed by atoms with E-state index >= 15 is 0 Å². The van der Waals surface area contributed by atoms with Gasteiger partial charge >= 0.3 is 5.97 Å². The van der Waals surface area contributed by atoms with Crippen molar-refractivity contribution in [3.05, 3.63) is 65.2 Å². The minimum atomic E-state index is -0.445. The number of nitrogens with one attached hydrogen (secondary N) is 1. The predicted molar refractivity (Wildman–Crippen MR) is 95.8 cm³/mol. The second-order valence-electron chi connectivity index (χ2n) is 5.25. The zero-order valence-electron chi connectivity index (χ0n) is 13.6. The first kappa shape index (κ1) is 16.8. The lowest BCUT2D eigenvalue weighted by atomic mass is 10.1. The maximum Gasteiger partial charge on any atom is 0.337 e. The van der Waals surface area contributed by atoms with E-state index in [0.29, 0.717) is 16.3 Å². The van der Waals surface area contributed by atoms with Gasteiger partial charge in [-0.05, 0) is 36.8 Å². The molecular formula is C18H15N3O3S. The third-order valence-electron chi connectivity index (χ3n) is 3.59. The molecule has 3 aromatic rings. The molecule has 0 aliphatic carbocycles. The van der Waals surface area contributed by atoms with Crippen LogP contribution in [0.25, 0.3) is 10.6 Å². The number of benzene rings is 2. The van der Waals surface area contributed by atoms with Crippen LogP contribution in [-0.2, 0) is 4.74 Å². The highest BCUT2D eigenvalue weighted by molar-refractivity contribution is 7.18. The van der Waals surface area contributed by atoms with Crippen molar-refractivity contribution in [1.29, 1.82) is 0 Å². The van der Waals surface area contributed by atoms with Crippen molar-refractivity contribution in [1.82, 2.24) is 10.2 Å². The van der Waals surface area contributed by atoms with Crippen LogP contribution in [0.3, 0.4) is 0 Å². The van der Waals surface area contributed by atoms with Crippen LogP contribution in [0.1, 0.15) is 26.3 Å². The van der Waals surface area contributed by atoms with Gasteiger partial charge in [-0.15, -0.1) is 10.2 Å². The maximum atomic E-state index is 12.3. The summed E-state index contributed by atoms with van der Waals surface area (Å²) in [5.74, 6) is -0.761. The van der Waals surface area contributed by atoms with Crippen LogP contribution in [0.2, 0.25) is 0 Å². The van der Waals surface area contributed by atoms with Crippen molar-refractivity contribution >= 4 is 28.3 Å². The molecule has 0 fully saturated rings. The largest absolute Gasteiger partial charge is 0.465 e. The van der Waals surface area contributed by atoms with Crippen LogP contribution in [0.5, 0.6) is 0 Å². The first-order valence-corrected chi connectivity index (χ1v) is 8.29. The van der Waals surface area contributed by atoms with Crippen LogP contribution in [-0.4, -0.2) is 29.2 Å². The molecular weight excluding hydrogens is 338 g/mol. The van der Waals surface area contributed by atoms with E-state index < -0.39 is 5.97 Å². The molecule has 0 unspecified atom stereocenters. The first-order valence-electron chi connectivity index (χ1n) is 7.47. The van der Waals surface area contributed by atoms with E-state index in [-0.39, 0.29) is 5.91 Å². The van der Waals surface area contributed by atoms with E-state index in [0.717, 1.165) is 16.1 Å². The van der Waals surface area contributed by atoms with Crippen molar-refractivity contribution in [2.75, 3.05) is 12.4 Å². The summed E-state index contributed by atoms with van der Waals surface area (Å²) in [5.41, 5.74) is 2.88. The summed E-state index contributed by atoms with van der Waals surface area (Å²) in [6.07, 6.45) is 0. The van der Waals surface area contributed by atoms with Crippen molar-refractivity contribution < 1.29 is 14.3 Å². The minimum Gasteiger partial charge on any atom is -0.465 e. The predicted octanol–water partition coefficient (Wildman–Crippen LogP) is 3.55. The van der Waals surface area contributed by atoms with Gasteiger partial charge in [0.2, 0.25) is 5.13 Å². The van der Waals surface area contributed by atoms with Gasteiger partial charge in [-0.2, -0.15) is 0 Å². The number of carbonyl (C=O) groups is 2. The van der Waals surface area contributed by atoms with Gasteiger partial charge in [-0.3, -0.25) is 10.1 Å². The number of esters is 1. The quantitative estimate of drug-likeness (QED) is 0.726. The Labute approximate surface area is 148 Å². The fourth-order valence-corrected chi connectivity index (χ4v) is 3.07. The van der Waals surface area contributed by atoms with Gasteiger partial charge in [-0.25, -0.2) is 4.79 Å². The lowest BCUT2D eigenvalue weighted by Gasteiger charge is -2.03. The average Bonchev–Trinajstić information content (AvgIpc) is 3.09. The average molecular weight is 353 g/mol. The normalized spacial score (nSPS) is 10.3. The van der Waals surface area contributed by atoms with E-state index in [1.54, 1.807) is 24.3 Å². The number of rotatable bonds is 4. The fraction of sp³-hybridized carbons (Fsp3) is 0.111. The molecule has 0 bridgehead atoms. The lowest BCUT2D eigenvalue weighted by molar-refractivity contribution is 0.0600. The standard InChI is InChI=1S/C18H15N3O3S/c1-11-5-3-4-6-14(11)16-20-21-18(25-16)19-15(22)12-7-9-13(10-8-12)17(23)24-2/h3-10H,1-2H3,(H,19,21,22). The molecule has 0 radical (unpaired) electrons. The zero-order chi connectivity index (χ0) is 17.8. The Kier molecular flexibility index (Phi) is 4.85. The second-order valence-corrected chi connectivity index (χ2v) is 6.23. The van der Waals surface area contributed by atoms with Gasteiger partial charge in [0.05, 0.1) is 12.7 Å². The second kappa shape index (κ2) is 7.23. The topological polar surface area (TPSA) is 81.2 Å². The third kappa shape index (κ3) is 3.72. The zero-order valence-corrected chi connectivity index (χ0v) is 14.5. The van der Waals surface area contributed by atoms with Crippen molar-refractivity contribution in [2.45, 2.75) is 6.92 Å². The summed E-state index contributed by atoms with van der Waals surface area (Å²) in [5, 5.41) is 12.0. The Bertz CT molecular complexity index is 919. The molecule has 0 saturated carbocycles. The van der Waals surface area contributed by atoms with E-state index in [1.165, 1.54) is 18.4 Å². The Morgan fingerprint density at radius 3 is 2.36 bits per heavy atom. The van der Waals surface area contributed by atoms with E-state index in [9.17, 15) is 9.59 Å². The summed E-state index contributed by atoms with van der Waals surface area (Å²) in [6.45, 7) is 2.00. The Morgan fingerprint density at radius 2 is 1.68 bits per heavy atom. The number of hydrogen-bond acceptors (Lipinski definition) is 6. The fourth-order valence-electron chi connectivity index (χ4n) is 2.24. The van der Waals surface area contributed by atoms with Crippen LogP contribution >= 0.6 is 11.3 Å². The van der Waals surface area contributed by atoms with Gasteiger partial charge in [-0.1, -0.05) is 35.6 Å². The molecule has 1 N–H and O–H groups in total. The Morgan fingerprint density at radius 1 is 1.00 bits per heavy atom. The van der Waals surface area contributed by atoms with Crippen molar-refractivity contribution in [3.8, 4) is 10.6 Å². The van der Waals surface area contributed by atoms with Gasteiger partial charge in [0.15, 0.2) is 0 Å². The van der Waals surface area contributed by atoms with Gasteiger partial charge in [0.25, 0.3) is 5.91 Å². The highest BCUT2D eigenvalue weighted by Crippen LogP contribution is 2.28. The number of methoxy groups -OCH3 is 1. The van der Waals surface area contributed by atoms with Crippen LogP contribution < -0.4 is 5.32 Å². The minimum absolute atomic E-state index is 0.316. The number of aryl methyl sites for hydroxylation is 1. The van der Waals surface area contributed by atoms with Crippen LogP contribution in [0.15, 0.2) is 48.5 Å². The number of nitrogens with zero attached hydrogens (tertiary/aromatic N) is 2. The van der Waals surface area contributed by atoms with E-state index in [2.05, 4.69) is 20.3 Å². The third-order valence-corrected chi connectivity index (χ3v) is 4.46. The molecule has 0 spiro atoms. The summed E-state index contributed by atoms with van der Waals surface area (Å²) < 4.78 is 4.63. The Balaban J connectivity index is 1.74. The number of hydrogen-bond donors (Lipinski definition) is 1. The number of aromatic nitrogens is 2. The molecule has 1 amide bonds. The molecule has 0 atom stereocenters. The first-order chi connectivity index (χ1) is 12.1. The number of amides is 1. The summed E-state index contributed by atoms with van der Waals surface area (Å²) in [7, 11) is 1.31. The smallest absolute Gasteiger partial charge is 0.337 e. The molecule has 7 heteroatoms. The lowest BCUT2D eigenvalue weighted by Crippen LogP contribution is -2.12. The molecule has 126 valence electrons. The van der Waals surface area contributed by atoms with E-state index in [4.69, 9.17) is 0 Å². The highest BCUT2D eigenvalue weighted by Gasteiger charge is 2.13. The number of ether oxygens (including phenoxy) is 1. The molecule has 1 heterocycles. The Hall–Kier alpha value is -3.06. The molecule has 1 aromatic heterocycles. The van der Waals surface area contributed by atoms with E-state index in [1.807, 2.05) is 31.2 Å². The highest BCUT2D eigenvalue weighted by atomic mass is 32.1. The number of anilines is 1. The monoisotopic (exact) mass is 353 g/mol.